The summed E-state index contributed by atoms with van der Waals surface area (Å²) < 4.78 is 5.16. The molecule has 1 aromatic heterocycles. The molecule has 0 fully saturated rings. The third-order valence-corrected chi connectivity index (χ3v) is 4.80. The van der Waals surface area contributed by atoms with Crippen molar-refractivity contribution < 1.29 is 14.0 Å². The lowest BCUT2D eigenvalue weighted by Crippen LogP contribution is -2.30. The minimum Gasteiger partial charge on any atom is -0.459 e. The van der Waals surface area contributed by atoms with E-state index in [-0.39, 0.29) is 17.6 Å². The monoisotopic (exact) mass is 405 g/mol. The molecular weight excluding hydrogens is 378 g/mol. The van der Waals surface area contributed by atoms with Crippen LogP contribution in [0.1, 0.15) is 35.0 Å². The van der Waals surface area contributed by atoms with E-state index in [2.05, 4.69) is 5.32 Å². The fraction of sp³-hybridized carbons (Fsp3) is 0.250. The van der Waals surface area contributed by atoms with E-state index >= 15 is 0 Å². The number of nitrogens with zero attached hydrogens (tertiary/aromatic N) is 2. The van der Waals surface area contributed by atoms with Crippen LogP contribution >= 0.6 is 0 Å². The number of amides is 2. The van der Waals surface area contributed by atoms with E-state index in [9.17, 15) is 9.59 Å². The van der Waals surface area contributed by atoms with Crippen LogP contribution in [0.5, 0.6) is 0 Å². The first-order valence-electron chi connectivity index (χ1n) is 9.94. The molecule has 0 radical (unpaired) electrons. The highest BCUT2D eigenvalue weighted by molar-refractivity contribution is 6.02. The summed E-state index contributed by atoms with van der Waals surface area (Å²) in [6.45, 7) is 2.84. The Morgan fingerprint density at radius 2 is 1.73 bits per heavy atom. The Balaban J connectivity index is 1.86. The summed E-state index contributed by atoms with van der Waals surface area (Å²) in [4.78, 5) is 28.8. The molecule has 30 heavy (non-hydrogen) atoms. The van der Waals surface area contributed by atoms with Crippen molar-refractivity contribution >= 4 is 23.2 Å². The number of carbonyl (C=O) groups excluding carboxylic acids is 2. The number of hydrogen-bond donors (Lipinski definition) is 1. The van der Waals surface area contributed by atoms with Crippen molar-refractivity contribution in [2.24, 2.45) is 0 Å². The Hall–Kier alpha value is -3.54. The summed E-state index contributed by atoms with van der Waals surface area (Å²) in [5, 5.41) is 2.86. The lowest BCUT2D eigenvalue weighted by atomic mass is 10.1. The van der Waals surface area contributed by atoms with Crippen LogP contribution in [-0.2, 0) is 17.9 Å². The summed E-state index contributed by atoms with van der Waals surface area (Å²) in [6.07, 6.45) is 1.90. The summed E-state index contributed by atoms with van der Waals surface area (Å²) in [5.74, 6) is 0.0167. The molecule has 0 saturated heterocycles. The van der Waals surface area contributed by atoms with Gasteiger partial charge in [0.1, 0.15) is 0 Å². The average Bonchev–Trinajstić information content (AvgIpc) is 3.28. The standard InChI is InChI=1S/C24H27N3O3/c1-4-23(28)27(16-18-9-6-5-7-10-18)17-19-15-20(12-13-21(19)26(2)3)25-24(29)22-11-8-14-30-22/h5-15H,4,16-17H2,1-3H3,(H,25,29). The maximum atomic E-state index is 12.7. The van der Waals surface area contributed by atoms with Gasteiger partial charge in [-0.05, 0) is 41.5 Å². The Kier molecular flexibility index (Phi) is 6.91. The molecule has 2 amide bonds. The number of hydrogen-bond acceptors (Lipinski definition) is 4. The number of carbonyl (C=O) groups is 2. The van der Waals surface area contributed by atoms with Crippen LogP contribution in [0.25, 0.3) is 0 Å². The molecule has 0 saturated carbocycles. The minimum atomic E-state index is -0.311. The fourth-order valence-corrected chi connectivity index (χ4v) is 3.29. The van der Waals surface area contributed by atoms with Crippen LogP contribution in [-0.4, -0.2) is 30.8 Å². The second-order valence-corrected chi connectivity index (χ2v) is 7.26. The zero-order valence-corrected chi connectivity index (χ0v) is 17.6. The van der Waals surface area contributed by atoms with Crippen molar-refractivity contribution in [1.29, 1.82) is 0 Å². The van der Waals surface area contributed by atoms with Gasteiger partial charge in [0, 0.05) is 45.0 Å². The highest BCUT2D eigenvalue weighted by atomic mass is 16.3. The van der Waals surface area contributed by atoms with Crippen molar-refractivity contribution in [3.8, 4) is 0 Å². The first-order valence-corrected chi connectivity index (χ1v) is 9.94. The smallest absolute Gasteiger partial charge is 0.291 e. The van der Waals surface area contributed by atoms with E-state index in [0.717, 1.165) is 16.8 Å². The van der Waals surface area contributed by atoms with Crippen LogP contribution in [0.15, 0.2) is 71.3 Å². The summed E-state index contributed by atoms with van der Waals surface area (Å²) in [7, 11) is 3.92. The van der Waals surface area contributed by atoms with E-state index in [1.165, 1.54) is 6.26 Å². The fourth-order valence-electron chi connectivity index (χ4n) is 3.29. The molecule has 0 aliphatic rings. The van der Waals surface area contributed by atoms with Gasteiger partial charge < -0.3 is 19.5 Å². The van der Waals surface area contributed by atoms with Gasteiger partial charge in [-0.2, -0.15) is 0 Å². The number of nitrogens with one attached hydrogen (secondary N) is 1. The highest BCUT2D eigenvalue weighted by Gasteiger charge is 2.17. The Labute approximate surface area is 177 Å². The van der Waals surface area contributed by atoms with Gasteiger partial charge in [0.25, 0.3) is 5.91 Å². The molecular formula is C24H27N3O3. The summed E-state index contributed by atoms with van der Waals surface area (Å²) in [5.41, 5.74) is 3.68. The third kappa shape index (κ3) is 5.29. The predicted molar refractivity (Wildman–Crippen MR) is 118 cm³/mol. The summed E-state index contributed by atoms with van der Waals surface area (Å²) >= 11 is 0. The molecule has 156 valence electrons. The number of anilines is 2. The highest BCUT2D eigenvalue weighted by Crippen LogP contribution is 2.26. The Morgan fingerprint density at radius 3 is 2.37 bits per heavy atom. The maximum absolute atomic E-state index is 12.7. The van der Waals surface area contributed by atoms with Crippen molar-refractivity contribution in [1.82, 2.24) is 4.90 Å². The van der Waals surface area contributed by atoms with Crippen LogP contribution in [0, 0.1) is 0 Å². The summed E-state index contributed by atoms with van der Waals surface area (Å²) in [6, 6.07) is 18.9. The van der Waals surface area contributed by atoms with Crippen molar-refractivity contribution in [2.75, 3.05) is 24.3 Å². The van der Waals surface area contributed by atoms with E-state index in [0.29, 0.717) is 25.2 Å². The van der Waals surface area contributed by atoms with Gasteiger partial charge >= 0.3 is 0 Å². The lowest BCUT2D eigenvalue weighted by Gasteiger charge is -2.26. The second-order valence-electron chi connectivity index (χ2n) is 7.26. The molecule has 0 bridgehead atoms. The second kappa shape index (κ2) is 9.78. The van der Waals surface area contributed by atoms with E-state index in [4.69, 9.17) is 4.42 Å². The Bertz CT molecular complexity index is 982. The molecule has 0 aliphatic carbocycles. The average molecular weight is 405 g/mol. The van der Waals surface area contributed by atoms with Gasteiger partial charge in [-0.3, -0.25) is 9.59 Å². The number of rotatable bonds is 8. The SMILES string of the molecule is CCC(=O)N(Cc1ccccc1)Cc1cc(NC(=O)c2ccco2)ccc1N(C)C. The quantitative estimate of drug-likeness (QED) is 0.598. The van der Waals surface area contributed by atoms with Gasteiger partial charge in [-0.25, -0.2) is 0 Å². The topological polar surface area (TPSA) is 65.8 Å². The zero-order chi connectivity index (χ0) is 21.5. The van der Waals surface area contributed by atoms with Crippen LogP contribution in [0.2, 0.25) is 0 Å². The van der Waals surface area contributed by atoms with Gasteiger partial charge in [0.2, 0.25) is 5.91 Å². The maximum Gasteiger partial charge on any atom is 0.291 e. The van der Waals surface area contributed by atoms with E-state index in [1.807, 2.05) is 79.3 Å². The normalized spacial score (nSPS) is 10.5. The Morgan fingerprint density at radius 1 is 0.967 bits per heavy atom. The van der Waals surface area contributed by atoms with Crippen molar-refractivity contribution in [3.63, 3.8) is 0 Å². The van der Waals surface area contributed by atoms with Crippen molar-refractivity contribution in [3.05, 3.63) is 83.8 Å². The molecule has 6 heteroatoms. The van der Waals surface area contributed by atoms with E-state index in [1.54, 1.807) is 12.1 Å². The van der Waals surface area contributed by atoms with E-state index < -0.39 is 0 Å². The molecule has 1 heterocycles. The zero-order valence-electron chi connectivity index (χ0n) is 17.6. The lowest BCUT2D eigenvalue weighted by molar-refractivity contribution is -0.132. The molecule has 1 N–H and O–H groups in total. The molecule has 0 spiro atoms. The molecule has 6 nitrogen and oxygen atoms in total. The van der Waals surface area contributed by atoms with Crippen LogP contribution < -0.4 is 10.2 Å². The van der Waals surface area contributed by atoms with Gasteiger partial charge in [-0.1, -0.05) is 37.3 Å². The van der Waals surface area contributed by atoms with Crippen LogP contribution in [0.3, 0.4) is 0 Å². The third-order valence-electron chi connectivity index (χ3n) is 4.80. The molecule has 0 unspecified atom stereocenters. The molecule has 3 aromatic rings. The van der Waals surface area contributed by atoms with Crippen LogP contribution in [0.4, 0.5) is 11.4 Å². The number of furan rings is 1. The minimum absolute atomic E-state index is 0.0774. The largest absolute Gasteiger partial charge is 0.459 e. The van der Waals surface area contributed by atoms with Crippen molar-refractivity contribution in [2.45, 2.75) is 26.4 Å². The molecule has 0 atom stereocenters. The first kappa shape index (κ1) is 21.2. The predicted octanol–water partition coefficient (Wildman–Crippen LogP) is 4.54. The van der Waals surface area contributed by atoms with Gasteiger partial charge in [-0.15, -0.1) is 0 Å². The molecule has 2 aromatic carbocycles. The molecule has 0 aliphatic heterocycles. The number of benzene rings is 2. The van der Waals surface area contributed by atoms with Gasteiger partial charge in [0.05, 0.1) is 6.26 Å². The van der Waals surface area contributed by atoms with Gasteiger partial charge in [0.15, 0.2) is 5.76 Å². The first-order chi connectivity index (χ1) is 14.5. The molecule has 3 rings (SSSR count).